The van der Waals surface area contributed by atoms with Gasteiger partial charge in [-0.05, 0) is 40.5 Å². The average molecular weight is 379 g/mol. The number of hydrogen-bond donors (Lipinski definition) is 1. The molecule has 3 rings (SSSR count). The van der Waals surface area contributed by atoms with Crippen LogP contribution >= 0.6 is 0 Å². The zero-order valence-corrected chi connectivity index (χ0v) is 17.6. The summed E-state index contributed by atoms with van der Waals surface area (Å²) in [5.74, 6) is 0. The topological polar surface area (TPSA) is 69.0 Å². The van der Waals surface area contributed by atoms with E-state index in [2.05, 4.69) is 16.9 Å². The average Bonchev–Trinajstić information content (AvgIpc) is 3.06. The number of aliphatic hydroxyl groups is 1. The largest absolute Gasteiger partial charge is 0.498 e. The first kappa shape index (κ1) is 20.8. The van der Waals surface area contributed by atoms with Gasteiger partial charge in [-0.1, -0.05) is 6.92 Å². The lowest BCUT2D eigenvalue weighted by molar-refractivity contribution is 0.00578. The van der Waals surface area contributed by atoms with E-state index in [1.807, 2.05) is 39.4 Å². The molecule has 7 nitrogen and oxygen atoms in total. The number of nitrogens with zero attached hydrogens (tertiary/aromatic N) is 3. The molecule has 1 unspecified atom stereocenters. The molecule has 2 fully saturated rings. The molecule has 2 aliphatic heterocycles. The summed E-state index contributed by atoms with van der Waals surface area (Å²) in [6, 6.07) is 0. The third-order valence-electron chi connectivity index (χ3n) is 6.20. The van der Waals surface area contributed by atoms with Crippen molar-refractivity contribution < 1.29 is 19.2 Å². The number of ether oxygens (including phenoxy) is 1. The van der Waals surface area contributed by atoms with Gasteiger partial charge in [-0.15, -0.1) is 0 Å². The first-order valence-corrected chi connectivity index (χ1v) is 10.1. The van der Waals surface area contributed by atoms with Gasteiger partial charge in [0.1, 0.15) is 0 Å². The summed E-state index contributed by atoms with van der Waals surface area (Å²) in [7, 11) is 1.41. The molecule has 0 aromatic carbocycles. The van der Waals surface area contributed by atoms with E-state index in [-0.39, 0.29) is 0 Å². The van der Waals surface area contributed by atoms with Gasteiger partial charge in [-0.3, -0.25) is 9.58 Å². The maximum Gasteiger partial charge on any atom is 0.498 e. The zero-order valence-electron chi connectivity index (χ0n) is 17.6. The smallest absolute Gasteiger partial charge is 0.399 e. The molecule has 1 atom stereocenters. The Morgan fingerprint density at radius 3 is 2.30 bits per heavy atom. The molecule has 1 aromatic heterocycles. The van der Waals surface area contributed by atoms with Gasteiger partial charge in [-0.2, -0.15) is 5.10 Å². The molecular weight excluding hydrogens is 345 g/mol. The van der Waals surface area contributed by atoms with Crippen molar-refractivity contribution in [1.29, 1.82) is 0 Å². The molecule has 2 saturated heterocycles. The van der Waals surface area contributed by atoms with Gasteiger partial charge in [0, 0.05) is 37.8 Å². The van der Waals surface area contributed by atoms with Gasteiger partial charge >= 0.3 is 7.12 Å². The van der Waals surface area contributed by atoms with Crippen LogP contribution in [0.2, 0.25) is 0 Å². The Morgan fingerprint density at radius 1 is 1.15 bits per heavy atom. The van der Waals surface area contributed by atoms with Crippen molar-refractivity contribution in [3.8, 4) is 0 Å². The first-order valence-electron chi connectivity index (χ1n) is 10.1. The molecule has 0 saturated carbocycles. The normalized spacial score (nSPS) is 23.7. The summed E-state index contributed by atoms with van der Waals surface area (Å²) in [6.45, 7) is 14.5. The van der Waals surface area contributed by atoms with E-state index in [1.54, 1.807) is 0 Å². The molecule has 1 aromatic rings. The van der Waals surface area contributed by atoms with Crippen LogP contribution in [-0.4, -0.2) is 71.0 Å². The fourth-order valence-electron chi connectivity index (χ4n) is 3.75. The number of rotatable bonds is 6. The second-order valence-corrected chi connectivity index (χ2v) is 8.57. The van der Waals surface area contributed by atoms with Crippen molar-refractivity contribution in [3.63, 3.8) is 0 Å². The van der Waals surface area contributed by atoms with Crippen LogP contribution in [0.4, 0.5) is 0 Å². The van der Waals surface area contributed by atoms with Gasteiger partial charge in [0.15, 0.2) is 0 Å². The number of aromatic nitrogens is 2. The Bertz CT molecular complexity index is 640. The Morgan fingerprint density at radius 2 is 1.74 bits per heavy atom. The van der Waals surface area contributed by atoms with Gasteiger partial charge in [0.2, 0.25) is 0 Å². The fourth-order valence-corrected chi connectivity index (χ4v) is 3.75. The third-order valence-corrected chi connectivity index (χ3v) is 6.20. The minimum absolute atomic E-state index is 0.422. The van der Waals surface area contributed by atoms with E-state index in [4.69, 9.17) is 14.0 Å². The Labute approximate surface area is 163 Å². The molecule has 27 heavy (non-hydrogen) atoms. The van der Waals surface area contributed by atoms with Crippen LogP contribution in [0.25, 0.3) is 0 Å². The summed E-state index contributed by atoms with van der Waals surface area (Å²) in [4.78, 5) is 2.32. The highest BCUT2D eigenvalue weighted by Crippen LogP contribution is 2.37. The second-order valence-electron chi connectivity index (χ2n) is 8.57. The second kappa shape index (κ2) is 7.83. The van der Waals surface area contributed by atoms with Crippen LogP contribution < -0.4 is 5.46 Å². The summed E-state index contributed by atoms with van der Waals surface area (Å²) in [5.41, 5.74) is 1.78. The van der Waals surface area contributed by atoms with Crippen molar-refractivity contribution in [2.45, 2.75) is 64.8 Å². The highest BCUT2D eigenvalue weighted by molar-refractivity contribution is 6.63. The molecule has 152 valence electrons. The van der Waals surface area contributed by atoms with Crippen molar-refractivity contribution in [2.24, 2.45) is 7.05 Å². The number of morpholine rings is 1. The van der Waals surface area contributed by atoms with Crippen LogP contribution in [0.15, 0.2) is 0 Å². The van der Waals surface area contributed by atoms with E-state index in [0.29, 0.717) is 12.1 Å². The van der Waals surface area contributed by atoms with Crippen molar-refractivity contribution in [3.05, 3.63) is 11.4 Å². The SMILES string of the molecule is CCc1c(B2OC(C)(C)C(C)(C)O2)c(C(O)CCN2CCOCC2)nn1C. The maximum absolute atomic E-state index is 10.9. The Kier molecular flexibility index (Phi) is 6.03. The van der Waals surface area contributed by atoms with E-state index in [9.17, 15) is 5.11 Å². The molecule has 2 aliphatic rings. The molecule has 3 heterocycles. The highest BCUT2D eigenvalue weighted by atomic mass is 16.7. The lowest BCUT2D eigenvalue weighted by Crippen LogP contribution is -2.41. The van der Waals surface area contributed by atoms with E-state index < -0.39 is 24.4 Å². The molecular formula is C19H34BN3O4. The van der Waals surface area contributed by atoms with Gasteiger partial charge in [0.25, 0.3) is 0 Å². The Balaban J connectivity index is 1.81. The molecule has 0 aliphatic carbocycles. The van der Waals surface area contributed by atoms with Crippen molar-refractivity contribution in [2.75, 3.05) is 32.8 Å². The van der Waals surface area contributed by atoms with Crippen LogP contribution in [0.5, 0.6) is 0 Å². The van der Waals surface area contributed by atoms with Crippen LogP contribution in [0.1, 0.15) is 58.5 Å². The predicted molar refractivity (Wildman–Crippen MR) is 105 cm³/mol. The van der Waals surface area contributed by atoms with Crippen molar-refractivity contribution in [1.82, 2.24) is 14.7 Å². The van der Waals surface area contributed by atoms with Crippen LogP contribution in [-0.2, 0) is 27.5 Å². The lowest BCUT2D eigenvalue weighted by atomic mass is 9.75. The van der Waals surface area contributed by atoms with E-state index in [0.717, 1.165) is 50.4 Å². The standard InChI is InChI=1S/C19H34BN3O4/c1-7-14-16(20-26-18(2,3)19(4,5)27-20)17(21-22(14)6)15(24)8-9-23-10-12-25-13-11-23/h15,24H,7-13H2,1-6H3. The lowest BCUT2D eigenvalue weighted by Gasteiger charge is -2.32. The predicted octanol–water partition coefficient (Wildman–Crippen LogP) is 1.04. The summed E-state index contributed by atoms with van der Waals surface area (Å²) >= 11 is 0. The molecule has 0 spiro atoms. The summed E-state index contributed by atoms with van der Waals surface area (Å²) in [5, 5.41) is 15.6. The number of aliphatic hydroxyl groups excluding tert-OH is 1. The first-order chi connectivity index (χ1) is 12.7. The highest BCUT2D eigenvalue weighted by Gasteiger charge is 2.53. The Hall–Kier alpha value is -0.925. The molecule has 0 bridgehead atoms. The van der Waals surface area contributed by atoms with Crippen LogP contribution in [0.3, 0.4) is 0 Å². The molecule has 0 radical (unpaired) electrons. The van der Waals surface area contributed by atoms with Crippen LogP contribution in [0, 0.1) is 0 Å². The van der Waals surface area contributed by atoms with Gasteiger partial charge < -0.3 is 19.2 Å². The number of hydrogen-bond acceptors (Lipinski definition) is 6. The quantitative estimate of drug-likeness (QED) is 0.745. The minimum Gasteiger partial charge on any atom is -0.399 e. The molecule has 0 amide bonds. The fraction of sp³-hybridized carbons (Fsp3) is 0.842. The van der Waals surface area contributed by atoms with E-state index in [1.165, 1.54) is 0 Å². The summed E-state index contributed by atoms with van der Waals surface area (Å²) in [6.07, 6.45) is 0.791. The van der Waals surface area contributed by atoms with Crippen molar-refractivity contribution >= 4 is 12.6 Å². The zero-order chi connectivity index (χ0) is 19.8. The monoisotopic (exact) mass is 379 g/mol. The summed E-state index contributed by atoms with van der Waals surface area (Å²) < 4.78 is 19.8. The van der Waals surface area contributed by atoms with Gasteiger partial charge in [-0.25, -0.2) is 0 Å². The number of aryl methyl sites for hydroxylation is 1. The molecule has 1 N–H and O–H groups in total. The third kappa shape index (κ3) is 4.10. The molecule has 8 heteroatoms. The van der Waals surface area contributed by atoms with Gasteiger partial charge in [0.05, 0.1) is 36.2 Å². The minimum atomic E-state index is -0.645. The maximum atomic E-state index is 10.9. The van der Waals surface area contributed by atoms with E-state index >= 15 is 0 Å².